The molecule has 0 radical (unpaired) electrons. The minimum absolute atomic E-state index is 0.0182. The molecule has 0 bridgehead atoms. The lowest BCUT2D eigenvalue weighted by atomic mass is 10.1. The molecule has 0 aliphatic heterocycles. The zero-order valence-electron chi connectivity index (χ0n) is 10.9. The van der Waals surface area contributed by atoms with Gasteiger partial charge in [-0.3, -0.25) is 9.59 Å². The first kappa shape index (κ1) is 15.5. The van der Waals surface area contributed by atoms with Gasteiger partial charge in [-0.15, -0.1) is 0 Å². The Morgan fingerprint density at radius 3 is 2.55 bits per heavy atom. The third kappa shape index (κ3) is 4.27. The maximum atomic E-state index is 11.9. The molecule has 0 fully saturated rings. The van der Waals surface area contributed by atoms with Crippen LogP contribution in [0.2, 0.25) is 0 Å². The van der Waals surface area contributed by atoms with Crippen molar-refractivity contribution in [2.45, 2.75) is 25.8 Å². The van der Waals surface area contributed by atoms with Crippen LogP contribution < -0.4 is 11.1 Å². The summed E-state index contributed by atoms with van der Waals surface area (Å²) in [6.07, 6.45) is -0.264. The number of carboxylic acid groups (broad SMARTS) is 1. The molecule has 1 aromatic carbocycles. The maximum Gasteiger partial charge on any atom is 0.326 e. The number of nitrogens with one attached hydrogen (secondary N) is 1. The molecule has 0 saturated heterocycles. The van der Waals surface area contributed by atoms with Gasteiger partial charge in [0.25, 0.3) is 5.91 Å². The van der Waals surface area contributed by atoms with Gasteiger partial charge in [0.15, 0.2) is 0 Å². The summed E-state index contributed by atoms with van der Waals surface area (Å²) in [4.78, 5) is 33.6. The molecule has 1 aromatic rings. The Morgan fingerprint density at radius 1 is 1.35 bits per heavy atom. The lowest BCUT2D eigenvalue weighted by Gasteiger charge is -2.14. The second-order valence-electron chi connectivity index (χ2n) is 4.39. The highest BCUT2D eigenvalue weighted by Gasteiger charge is 2.22. The van der Waals surface area contributed by atoms with Gasteiger partial charge in [-0.05, 0) is 25.5 Å². The summed E-state index contributed by atoms with van der Waals surface area (Å²) in [6.45, 7) is 1.73. The summed E-state index contributed by atoms with van der Waals surface area (Å²) in [5.74, 6) is -2.88. The molecular formula is C13H16N2O5. The predicted octanol–water partition coefficient (Wildman–Crippen LogP) is 0.149. The second-order valence-corrected chi connectivity index (χ2v) is 4.39. The summed E-state index contributed by atoms with van der Waals surface area (Å²) >= 11 is 0. The average molecular weight is 280 g/mol. The molecule has 0 heterocycles. The van der Waals surface area contributed by atoms with Gasteiger partial charge in [-0.2, -0.15) is 0 Å². The van der Waals surface area contributed by atoms with Crippen molar-refractivity contribution in [2.24, 2.45) is 5.73 Å². The van der Waals surface area contributed by atoms with Crippen molar-refractivity contribution in [3.8, 4) is 5.75 Å². The number of carbonyl (C=O) groups excluding carboxylic acids is 2. The van der Waals surface area contributed by atoms with Crippen LogP contribution in [0, 0.1) is 6.92 Å². The number of hydrogen-bond acceptors (Lipinski definition) is 4. The first-order valence-electron chi connectivity index (χ1n) is 5.93. The molecule has 5 N–H and O–H groups in total. The number of hydrogen-bond donors (Lipinski definition) is 4. The van der Waals surface area contributed by atoms with Crippen molar-refractivity contribution in [3.63, 3.8) is 0 Å². The second kappa shape index (κ2) is 6.55. The van der Waals surface area contributed by atoms with Crippen LogP contribution in [0.3, 0.4) is 0 Å². The summed E-state index contributed by atoms with van der Waals surface area (Å²) in [5, 5.41) is 20.8. The maximum absolute atomic E-state index is 11.9. The van der Waals surface area contributed by atoms with E-state index in [-0.39, 0.29) is 24.2 Å². The molecule has 20 heavy (non-hydrogen) atoms. The van der Waals surface area contributed by atoms with Crippen LogP contribution in [0.5, 0.6) is 5.75 Å². The van der Waals surface area contributed by atoms with Gasteiger partial charge in [-0.1, -0.05) is 11.6 Å². The van der Waals surface area contributed by atoms with Crippen LogP contribution in [-0.2, 0) is 9.59 Å². The molecule has 108 valence electrons. The largest absolute Gasteiger partial charge is 0.507 e. The smallest absolute Gasteiger partial charge is 0.326 e. The number of rotatable bonds is 6. The Balaban J connectivity index is 2.82. The van der Waals surface area contributed by atoms with Gasteiger partial charge >= 0.3 is 5.97 Å². The van der Waals surface area contributed by atoms with Crippen LogP contribution >= 0.6 is 0 Å². The summed E-state index contributed by atoms with van der Waals surface area (Å²) in [7, 11) is 0. The fraction of sp³-hybridized carbons (Fsp3) is 0.308. The highest BCUT2D eigenvalue weighted by molar-refractivity contribution is 5.99. The predicted molar refractivity (Wildman–Crippen MR) is 70.2 cm³/mol. The van der Waals surface area contributed by atoms with Crippen LogP contribution in [0.4, 0.5) is 0 Å². The minimum atomic E-state index is -1.27. The number of primary amides is 1. The summed E-state index contributed by atoms with van der Waals surface area (Å²) in [6, 6.07) is 3.17. The first-order chi connectivity index (χ1) is 9.31. The quantitative estimate of drug-likeness (QED) is 0.589. The average Bonchev–Trinajstić information content (AvgIpc) is 2.36. The topological polar surface area (TPSA) is 130 Å². The number of phenolic OH excluding ortho intramolecular Hbond substituents is 1. The number of benzene rings is 1. The van der Waals surface area contributed by atoms with Crippen molar-refractivity contribution in [3.05, 3.63) is 29.3 Å². The number of carbonyl (C=O) groups is 3. The number of amides is 2. The van der Waals surface area contributed by atoms with Gasteiger partial charge in [0, 0.05) is 6.42 Å². The number of carboxylic acids is 1. The monoisotopic (exact) mass is 280 g/mol. The third-order valence-corrected chi connectivity index (χ3v) is 2.68. The lowest BCUT2D eigenvalue weighted by Crippen LogP contribution is -2.41. The van der Waals surface area contributed by atoms with Crippen molar-refractivity contribution in [1.82, 2.24) is 5.32 Å². The van der Waals surface area contributed by atoms with E-state index in [1.807, 2.05) is 0 Å². The first-order valence-corrected chi connectivity index (χ1v) is 5.93. The van der Waals surface area contributed by atoms with Crippen LogP contribution in [0.1, 0.15) is 28.8 Å². The molecule has 0 aliphatic rings. The SMILES string of the molecule is Cc1ccc(O)c(C(=O)N[C@@H](CCC(N)=O)C(=O)O)c1. The van der Waals surface area contributed by atoms with E-state index in [4.69, 9.17) is 10.8 Å². The fourth-order valence-electron chi connectivity index (χ4n) is 1.61. The molecule has 7 heteroatoms. The fourth-order valence-corrected chi connectivity index (χ4v) is 1.61. The van der Waals surface area contributed by atoms with Crippen molar-refractivity contribution in [1.29, 1.82) is 0 Å². The minimum Gasteiger partial charge on any atom is -0.507 e. The van der Waals surface area contributed by atoms with E-state index in [0.717, 1.165) is 5.56 Å². The number of aromatic hydroxyl groups is 1. The van der Waals surface area contributed by atoms with Crippen molar-refractivity contribution >= 4 is 17.8 Å². The van der Waals surface area contributed by atoms with Crippen molar-refractivity contribution in [2.75, 3.05) is 0 Å². The Kier molecular flexibility index (Phi) is 5.08. The van der Waals surface area contributed by atoms with E-state index in [1.165, 1.54) is 12.1 Å². The zero-order chi connectivity index (χ0) is 15.3. The van der Waals surface area contributed by atoms with Crippen LogP contribution in [0.25, 0.3) is 0 Å². The number of nitrogens with two attached hydrogens (primary N) is 1. The summed E-state index contributed by atoms with van der Waals surface area (Å²) < 4.78 is 0. The Labute approximate surface area is 115 Å². The molecule has 0 saturated carbocycles. The van der Waals surface area contributed by atoms with E-state index in [1.54, 1.807) is 13.0 Å². The Hall–Kier alpha value is -2.57. The van der Waals surface area contributed by atoms with Gasteiger partial charge in [0.2, 0.25) is 5.91 Å². The number of aliphatic carboxylic acids is 1. The van der Waals surface area contributed by atoms with E-state index in [0.29, 0.717) is 0 Å². The lowest BCUT2D eigenvalue weighted by molar-refractivity contribution is -0.139. The molecule has 0 unspecified atom stereocenters. The standard InChI is InChI=1S/C13H16N2O5/c1-7-2-4-10(16)8(6-7)12(18)15-9(13(19)20)3-5-11(14)17/h2,4,6,9,16H,3,5H2,1H3,(H2,14,17)(H,15,18)(H,19,20)/t9-/m0/s1. The molecule has 0 aliphatic carbocycles. The number of phenols is 1. The van der Waals surface area contributed by atoms with Gasteiger partial charge in [0.1, 0.15) is 11.8 Å². The molecule has 0 aromatic heterocycles. The summed E-state index contributed by atoms with van der Waals surface area (Å²) in [5.41, 5.74) is 5.67. The van der Waals surface area contributed by atoms with Crippen LogP contribution in [-0.4, -0.2) is 34.0 Å². The number of aryl methyl sites for hydroxylation is 1. The Bertz CT molecular complexity index is 542. The van der Waals surface area contributed by atoms with Gasteiger partial charge < -0.3 is 21.3 Å². The molecular weight excluding hydrogens is 264 g/mol. The van der Waals surface area contributed by atoms with E-state index in [9.17, 15) is 19.5 Å². The van der Waals surface area contributed by atoms with Crippen LogP contribution in [0.15, 0.2) is 18.2 Å². The normalized spacial score (nSPS) is 11.7. The van der Waals surface area contributed by atoms with E-state index >= 15 is 0 Å². The highest BCUT2D eigenvalue weighted by atomic mass is 16.4. The van der Waals surface area contributed by atoms with E-state index < -0.39 is 23.8 Å². The van der Waals surface area contributed by atoms with Gasteiger partial charge in [-0.25, -0.2) is 4.79 Å². The molecule has 1 rings (SSSR count). The third-order valence-electron chi connectivity index (χ3n) is 2.68. The Morgan fingerprint density at radius 2 is 2.00 bits per heavy atom. The van der Waals surface area contributed by atoms with Crippen molar-refractivity contribution < 1.29 is 24.6 Å². The molecule has 2 amide bonds. The highest BCUT2D eigenvalue weighted by Crippen LogP contribution is 2.18. The molecule has 0 spiro atoms. The zero-order valence-corrected chi connectivity index (χ0v) is 10.9. The van der Waals surface area contributed by atoms with E-state index in [2.05, 4.69) is 5.32 Å². The van der Waals surface area contributed by atoms with Gasteiger partial charge in [0.05, 0.1) is 5.56 Å². The molecule has 7 nitrogen and oxygen atoms in total. The molecule has 1 atom stereocenters.